The first-order valence-corrected chi connectivity index (χ1v) is 6.22. The molecule has 0 radical (unpaired) electrons. The van der Waals surface area contributed by atoms with Crippen LogP contribution in [0, 0.1) is 5.82 Å². The third kappa shape index (κ3) is 2.61. The lowest BCUT2D eigenvalue weighted by Crippen LogP contribution is -2.02. The zero-order chi connectivity index (χ0) is 11.7. The van der Waals surface area contributed by atoms with Gasteiger partial charge in [0.15, 0.2) is 4.73 Å². The predicted octanol–water partition coefficient (Wildman–Crippen LogP) is 3.64. The Morgan fingerprint density at radius 1 is 1.38 bits per heavy atom. The molecule has 0 saturated heterocycles. The highest BCUT2D eigenvalue weighted by Crippen LogP contribution is 2.18. The van der Waals surface area contributed by atoms with E-state index in [2.05, 4.69) is 41.9 Å². The van der Waals surface area contributed by atoms with Gasteiger partial charge >= 0.3 is 0 Å². The van der Waals surface area contributed by atoms with Crippen molar-refractivity contribution in [1.82, 2.24) is 14.8 Å². The number of aromatic nitrogens is 3. The largest absolute Gasteiger partial charge is 0.235 e. The van der Waals surface area contributed by atoms with Crippen LogP contribution in [0.2, 0.25) is 5.02 Å². The fourth-order valence-corrected chi connectivity index (χ4v) is 2.30. The molecule has 16 heavy (non-hydrogen) atoms. The van der Waals surface area contributed by atoms with E-state index in [9.17, 15) is 4.39 Å². The molecule has 0 amide bonds. The van der Waals surface area contributed by atoms with Gasteiger partial charge in [-0.25, -0.2) is 9.07 Å². The summed E-state index contributed by atoms with van der Waals surface area (Å²) in [5, 5.41) is 4.19. The van der Waals surface area contributed by atoms with E-state index in [4.69, 9.17) is 11.6 Å². The summed E-state index contributed by atoms with van der Waals surface area (Å²) >= 11 is 12.0. The summed E-state index contributed by atoms with van der Waals surface area (Å²) in [6.45, 7) is 0.424. The number of nitrogens with zero attached hydrogens (tertiary/aromatic N) is 3. The summed E-state index contributed by atoms with van der Waals surface area (Å²) in [4.78, 5) is 4.01. The Balaban J connectivity index is 2.27. The molecule has 1 heterocycles. The monoisotopic (exact) mass is 367 g/mol. The van der Waals surface area contributed by atoms with Gasteiger partial charge in [0.05, 0.1) is 11.6 Å². The van der Waals surface area contributed by atoms with Crippen LogP contribution >= 0.6 is 43.5 Å². The summed E-state index contributed by atoms with van der Waals surface area (Å²) in [5.74, 6) is -0.436. The summed E-state index contributed by atoms with van der Waals surface area (Å²) < 4.78 is 15.9. The van der Waals surface area contributed by atoms with Crippen LogP contribution < -0.4 is 0 Å². The molecule has 3 nitrogen and oxygen atoms in total. The van der Waals surface area contributed by atoms with Gasteiger partial charge in [-0.2, -0.15) is 4.98 Å². The second kappa shape index (κ2) is 4.81. The first kappa shape index (κ1) is 12.0. The van der Waals surface area contributed by atoms with E-state index in [0.717, 1.165) is 5.56 Å². The van der Waals surface area contributed by atoms with Crippen LogP contribution in [-0.4, -0.2) is 14.8 Å². The molecule has 0 saturated carbocycles. The average molecular weight is 369 g/mol. The van der Waals surface area contributed by atoms with Crippen LogP contribution in [0.5, 0.6) is 0 Å². The van der Waals surface area contributed by atoms with Crippen LogP contribution in [-0.2, 0) is 6.54 Å². The zero-order valence-electron chi connectivity index (χ0n) is 7.79. The van der Waals surface area contributed by atoms with Crippen LogP contribution in [0.25, 0.3) is 0 Å². The molecule has 1 aromatic carbocycles. The number of halogens is 4. The highest BCUT2D eigenvalue weighted by Gasteiger charge is 2.07. The molecule has 0 aliphatic carbocycles. The van der Waals surface area contributed by atoms with Crippen molar-refractivity contribution in [2.75, 3.05) is 0 Å². The third-order valence-corrected chi connectivity index (χ3v) is 3.15. The van der Waals surface area contributed by atoms with Crippen LogP contribution in [0.4, 0.5) is 4.39 Å². The fourth-order valence-electron chi connectivity index (χ4n) is 1.21. The number of hydrogen-bond acceptors (Lipinski definition) is 2. The Bertz CT molecular complexity index is 529. The van der Waals surface area contributed by atoms with Crippen LogP contribution in [0.1, 0.15) is 5.56 Å². The van der Waals surface area contributed by atoms with Crippen molar-refractivity contribution in [2.45, 2.75) is 6.54 Å². The summed E-state index contributed by atoms with van der Waals surface area (Å²) in [7, 11) is 0. The third-order valence-electron chi connectivity index (χ3n) is 1.92. The average Bonchev–Trinajstić information content (AvgIpc) is 2.51. The van der Waals surface area contributed by atoms with Crippen molar-refractivity contribution in [2.24, 2.45) is 0 Å². The highest BCUT2D eigenvalue weighted by atomic mass is 79.9. The van der Waals surface area contributed by atoms with Gasteiger partial charge in [0.1, 0.15) is 5.82 Å². The van der Waals surface area contributed by atoms with Crippen LogP contribution in [0.3, 0.4) is 0 Å². The number of hydrogen-bond donors (Lipinski definition) is 0. The molecule has 2 rings (SSSR count). The Morgan fingerprint density at radius 2 is 2.12 bits per heavy atom. The van der Waals surface area contributed by atoms with Gasteiger partial charge in [-0.05, 0) is 49.6 Å². The van der Waals surface area contributed by atoms with Crippen molar-refractivity contribution in [3.8, 4) is 0 Å². The maximum Gasteiger partial charge on any atom is 0.218 e. The van der Waals surface area contributed by atoms with E-state index < -0.39 is 5.82 Å². The van der Waals surface area contributed by atoms with Gasteiger partial charge in [0.25, 0.3) is 0 Å². The van der Waals surface area contributed by atoms with Gasteiger partial charge in [-0.1, -0.05) is 17.7 Å². The Labute approximate surface area is 113 Å². The van der Waals surface area contributed by atoms with Crippen molar-refractivity contribution >= 4 is 43.5 Å². The minimum Gasteiger partial charge on any atom is -0.235 e. The molecule has 0 spiro atoms. The molecule has 0 unspecified atom stereocenters. The normalized spacial score (nSPS) is 10.8. The maximum absolute atomic E-state index is 13.2. The molecule has 2 aromatic rings. The molecule has 0 N–H and O–H groups in total. The molecular formula is C9H5Br2ClFN3. The van der Waals surface area contributed by atoms with E-state index in [1.54, 1.807) is 10.7 Å². The van der Waals surface area contributed by atoms with Crippen molar-refractivity contribution in [1.29, 1.82) is 0 Å². The van der Waals surface area contributed by atoms with Gasteiger partial charge < -0.3 is 0 Å². The molecule has 0 atom stereocenters. The number of benzene rings is 1. The molecule has 7 heteroatoms. The van der Waals surface area contributed by atoms with E-state index in [1.165, 1.54) is 12.1 Å². The summed E-state index contributed by atoms with van der Waals surface area (Å²) in [5.41, 5.74) is 0.764. The smallest absolute Gasteiger partial charge is 0.218 e. The number of rotatable bonds is 2. The second-order valence-corrected chi connectivity index (χ2v) is 4.88. The lowest BCUT2D eigenvalue weighted by Gasteiger charge is -2.03. The van der Waals surface area contributed by atoms with E-state index in [-0.39, 0.29) is 5.02 Å². The standard InChI is InChI=1S/C9H5Br2ClFN3/c10-8-14-9(11)16(15-8)4-5-1-2-6(12)7(13)3-5/h1-3H,4H2. The fraction of sp³-hybridized carbons (Fsp3) is 0.111. The van der Waals surface area contributed by atoms with E-state index in [1.807, 2.05) is 0 Å². The second-order valence-electron chi connectivity index (χ2n) is 3.06. The molecule has 1 aromatic heterocycles. The molecular weight excluding hydrogens is 364 g/mol. The molecule has 0 fully saturated rings. The Hall–Kier alpha value is -0.460. The van der Waals surface area contributed by atoms with Crippen molar-refractivity contribution < 1.29 is 4.39 Å². The van der Waals surface area contributed by atoms with Gasteiger partial charge in [-0.15, -0.1) is 5.10 Å². The van der Waals surface area contributed by atoms with Gasteiger partial charge in [-0.3, -0.25) is 0 Å². The van der Waals surface area contributed by atoms with E-state index >= 15 is 0 Å². The predicted molar refractivity (Wildman–Crippen MR) is 65.9 cm³/mol. The minimum absolute atomic E-state index is 0.114. The first-order valence-electron chi connectivity index (χ1n) is 4.26. The summed E-state index contributed by atoms with van der Waals surface area (Å²) in [6, 6.07) is 4.64. The maximum atomic E-state index is 13.2. The van der Waals surface area contributed by atoms with Crippen molar-refractivity contribution in [3.05, 3.63) is 44.1 Å². The molecule has 0 bridgehead atoms. The Kier molecular flexibility index (Phi) is 3.61. The SMILES string of the molecule is Fc1cc(Cn2nc(Br)nc2Br)ccc1Cl. The lowest BCUT2D eigenvalue weighted by atomic mass is 10.2. The minimum atomic E-state index is -0.436. The summed E-state index contributed by atoms with van der Waals surface area (Å²) in [6.07, 6.45) is 0. The van der Waals surface area contributed by atoms with Gasteiger partial charge in [0.2, 0.25) is 4.73 Å². The molecule has 0 aliphatic rings. The highest BCUT2D eigenvalue weighted by molar-refractivity contribution is 9.11. The van der Waals surface area contributed by atoms with E-state index in [0.29, 0.717) is 16.0 Å². The molecule has 0 aliphatic heterocycles. The zero-order valence-corrected chi connectivity index (χ0v) is 11.7. The van der Waals surface area contributed by atoms with Crippen LogP contribution in [0.15, 0.2) is 27.7 Å². The first-order chi connectivity index (χ1) is 7.56. The quantitative estimate of drug-likeness (QED) is 0.809. The van der Waals surface area contributed by atoms with Gasteiger partial charge in [0, 0.05) is 0 Å². The lowest BCUT2D eigenvalue weighted by molar-refractivity contribution is 0.617. The van der Waals surface area contributed by atoms with Crippen molar-refractivity contribution in [3.63, 3.8) is 0 Å². The Morgan fingerprint density at radius 3 is 2.69 bits per heavy atom. The molecule has 84 valence electrons. The topological polar surface area (TPSA) is 30.7 Å².